The lowest BCUT2D eigenvalue weighted by Gasteiger charge is -2.12. The highest BCUT2D eigenvalue weighted by Gasteiger charge is 2.20. The quantitative estimate of drug-likeness (QED) is 0.250. The molecule has 0 aliphatic heterocycles. The Hall–Kier alpha value is -3.62. The summed E-state index contributed by atoms with van der Waals surface area (Å²) in [5.41, 5.74) is 3.67. The fourth-order valence-corrected chi connectivity index (χ4v) is 4.48. The van der Waals surface area contributed by atoms with Gasteiger partial charge in [0.15, 0.2) is 11.0 Å². The van der Waals surface area contributed by atoms with Crippen molar-refractivity contribution in [2.24, 2.45) is 0 Å². The van der Waals surface area contributed by atoms with Crippen LogP contribution in [0, 0.1) is 6.92 Å². The summed E-state index contributed by atoms with van der Waals surface area (Å²) in [5, 5.41) is 18.6. The third kappa shape index (κ3) is 4.42. The first-order valence-electron chi connectivity index (χ1n) is 10.5. The Kier molecular flexibility index (Phi) is 6.33. The number of ether oxygens (including phenoxy) is 1. The normalized spacial score (nSPS) is 11.0. The van der Waals surface area contributed by atoms with Crippen molar-refractivity contribution in [3.63, 3.8) is 0 Å². The first-order chi connectivity index (χ1) is 16.6. The van der Waals surface area contributed by atoms with E-state index >= 15 is 0 Å². The molecule has 0 saturated carbocycles. The monoisotopic (exact) mass is 489 g/mol. The molecule has 9 heteroatoms. The average Bonchev–Trinajstić information content (AvgIpc) is 3.51. The molecule has 2 aromatic heterocycles. The number of hydrogen-bond donors (Lipinski definition) is 0. The molecule has 0 atom stereocenters. The third-order valence-corrected chi connectivity index (χ3v) is 6.41. The number of nitrogens with zero attached hydrogens (tertiary/aromatic N) is 5. The van der Waals surface area contributed by atoms with E-state index in [0.717, 1.165) is 17.0 Å². The molecule has 0 bridgehead atoms. The molecule has 0 saturated heterocycles. The highest BCUT2D eigenvalue weighted by molar-refractivity contribution is 7.98. The van der Waals surface area contributed by atoms with Crippen molar-refractivity contribution < 1.29 is 9.15 Å². The van der Waals surface area contributed by atoms with Gasteiger partial charge in [0.25, 0.3) is 0 Å². The van der Waals surface area contributed by atoms with Crippen LogP contribution < -0.4 is 4.74 Å². The van der Waals surface area contributed by atoms with Crippen molar-refractivity contribution in [1.82, 2.24) is 25.0 Å². The van der Waals surface area contributed by atoms with Crippen molar-refractivity contribution in [1.29, 1.82) is 0 Å². The maximum atomic E-state index is 6.26. The van der Waals surface area contributed by atoms with Crippen molar-refractivity contribution in [3.05, 3.63) is 89.3 Å². The third-order valence-electron chi connectivity index (χ3n) is 5.17. The van der Waals surface area contributed by atoms with Gasteiger partial charge in [0.1, 0.15) is 5.75 Å². The van der Waals surface area contributed by atoms with Gasteiger partial charge in [0.05, 0.1) is 29.0 Å². The minimum Gasteiger partial charge on any atom is -0.496 e. The summed E-state index contributed by atoms with van der Waals surface area (Å²) < 4.78 is 13.4. The molecule has 34 heavy (non-hydrogen) atoms. The smallest absolute Gasteiger partial charge is 0.249 e. The first-order valence-corrected chi connectivity index (χ1v) is 11.9. The van der Waals surface area contributed by atoms with Crippen molar-refractivity contribution in [2.45, 2.75) is 17.8 Å². The lowest BCUT2D eigenvalue weighted by Crippen LogP contribution is -2.01. The molecule has 0 aliphatic carbocycles. The summed E-state index contributed by atoms with van der Waals surface area (Å²) in [5.74, 6) is 2.69. The summed E-state index contributed by atoms with van der Waals surface area (Å²) in [6.45, 7) is 2.05. The number of aryl methyl sites for hydroxylation is 1. The molecular formula is C25H20ClN5O2S. The van der Waals surface area contributed by atoms with Gasteiger partial charge in [-0.2, -0.15) is 0 Å². The molecule has 0 N–H and O–H groups in total. The van der Waals surface area contributed by atoms with Gasteiger partial charge in [0, 0.05) is 5.69 Å². The van der Waals surface area contributed by atoms with Crippen LogP contribution in [0.2, 0.25) is 5.02 Å². The Balaban J connectivity index is 1.48. The molecule has 3 aromatic carbocycles. The zero-order valence-corrected chi connectivity index (χ0v) is 20.0. The predicted octanol–water partition coefficient (Wildman–Crippen LogP) is 6.25. The van der Waals surface area contributed by atoms with Crippen LogP contribution in [0.15, 0.2) is 82.4 Å². The average molecular weight is 490 g/mol. The number of thioether (sulfide) groups is 1. The molecule has 5 aromatic rings. The minimum atomic E-state index is 0.385. The Labute approximate surface area is 205 Å². The van der Waals surface area contributed by atoms with Crippen molar-refractivity contribution in [3.8, 4) is 34.3 Å². The summed E-state index contributed by atoms with van der Waals surface area (Å²) in [6, 6.07) is 23.3. The van der Waals surface area contributed by atoms with Crippen LogP contribution in [0.5, 0.6) is 5.75 Å². The topological polar surface area (TPSA) is 78.9 Å². The standard InChI is InChI=1S/C25H20ClN5O2S/c1-16-11-13-17(14-12-16)31-23(19-8-4-6-10-21(19)32-2)28-30-25(31)34-15-22-27-29-24(33-22)18-7-3-5-9-20(18)26/h3-14H,15H2,1-2H3. The van der Waals surface area contributed by atoms with Gasteiger partial charge in [-0.25, -0.2) is 0 Å². The summed E-state index contributed by atoms with van der Waals surface area (Å²) in [4.78, 5) is 0. The molecule has 0 unspecified atom stereocenters. The molecular weight excluding hydrogens is 470 g/mol. The molecule has 0 fully saturated rings. The number of para-hydroxylation sites is 1. The molecule has 0 amide bonds. The summed E-state index contributed by atoms with van der Waals surface area (Å²) >= 11 is 7.72. The summed E-state index contributed by atoms with van der Waals surface area (Å²) in [6.07, 6.45) is 0. The lowest BCUT2D eigenvalue weighted by molar-refractivity contribution is 0.416. The zero-order chi connectivity index (χ0) is 23.5. The van der Waals surface area contributed by atoms with Gasteiger partial charge in [0.2, 0.25) is 11.8 Å². The van der Waals surface area contributed by atoms with E-state index in [1.165, 1.54) is 17.3 Å². The van der Waals surface area contributed by atoms with Gasteiger partial charge >= 0.3 is 0 Å². The number of halogens is 1. The van der Waals surface area contributed by atoms with Crippen LogP contribution in [-0.4, -0.2) is 32.1 Å². The maximum Gasteiger partial charge on any atom is 0.249 e. The van der Waals surface area contributed by atoms with Gasteiger partial charge in [-0.1, -0.05) is 65.3 Å². The second kappa shape index (κ2) is 9.70. The van der Waals surface area contributed by atoms with E-state index in [4.69, 9.17) is 20.8 Å². The van der Waals surface area contributed by atoms with E-state index in [-0.39, 0.29) is 0 Å². The maximum absolute atomic E-state index is 6.26. The number of benzene rings is 3. The molecule has 2 heterocycles. The predicted molar refractivity (Wildman–Crippen MR) is 132 cm³/mol. The van der Waals surface area contributed by atoms with Crippen molar-refractivity contribution in [2.75, 3.05) is 7.11 Å². The highest BCUT2D eigenvalue weighted by Crippen LogP contribution is 2.34. The van der Waals surface area contributed by atoms with Gasteiger partial charge in [-0.05, 0) is 43.3 Å². The Morgan fingerprint density at radius 1 is 0.882 bits per heavy atom. The number of hydrogen-bond acceptors (Lipinski definition) is 7. The van der Waals surface area contributed by atoms with Crippen LogP contribution in [-0.2, 0) is 5.75 Å². The molecule has 0 spiro atoms. The molecule has 5 rings (SSSR count). The Bertz CT molecular complexity index is 1430. The van der Waals surface area contributed by atoms with Crippen LogP contribution >= 0.6 is 23.4 Å². The number of rotatable bonds is 7. The fourth-order valence-electron chi connectivity index (χ4n) is 3.48. The molecule has 0 radical (unpaired) electrons. The fraction of sp³-hybridized carbons (Fsp3) is 0.120. The van der Waals surface area contributed by atoms with Crippen LogP contribution in [0.4, 0.5) is 0 Å². The van der Waals surface area contributed by atoms with E-state index in [1.54, 1.807) is 13.2 Å². The van der Waals surface area contributed by atoms with Crippen LogP contribution in [0.1, 0.15) is 11.5 Å². The van der Waals surface area contributed by atoms with E-state index in [9.17, 15) is 0 Å². The summed E-state index contributed by atoms with van der Waals surface area (Å²) in [7, 11) is 1.65. The second-order valence-electron chi connectivity index (χ2n) is 7.45. The largest absolute Gasteiger partial charge is 0.496 e. The SMILES string of the molecule is COc1ccccc1-c1nnc(SCc2nnc(-c3ccccc3Cl)o2)n1-c1ccc(C)cc1. The van der Waals surface area contributed by atoms with Gasteiger partial charge in [-0.3, -0.25) is 4.57 Å². The van der Waals surface area contributed by atoms with E-state index < -0.39 is 0 Å². The van der Waals surface area contributed by atoms with Gasteiger partial charge < -0.3 is 9.15 Å². The molecule has 170 valence electrons. The number of aromatic nitrogens is 5. The van der Waals surface area contributed by atoms with E-state index in [1.807, 2.05) is 59.2 Å². The highest BCUT2D eigenvalue weighted by atomic mass is 35.5. The Morgan fingerprint density at radius 2 is 1.62 bits per heavy atom. The molecule has 0 aliphatic rings. The van der Waals surface area contributed by atoms with Crippen molar-refractivity contribution >= 4 is 23.4 Å². The van der Waals surface area contributed by atoms with Gasteiger partial charge in [-0.15, -0.1) is 20.4 Å². The minimum absolute atomic E-state index is 0.385. The van der Waals surface area contributed by atoms with E-state index in [0.29, 0.717) is 39.1 Å². The number of methoxy groups -OCH3 is 1. The Morgan fingerprint density at radius 3 is 2.38 bits per heavy atom. The molecule has 7 nitrogen and oxygen atoms in total. The second-order valence-corrected chi connectivity index (χ2v) is 8.80. The zero-order valence-electron chi connectivity index (χ0n) is 18.5. The first kappa shape index (κ1) is 22.2. The lowest BCUT2D eigenvalue weighted by atomic mass is 10.1. The van der Waals surface area contributed by atoms with Crippen LogP contribution in [0.25, 0.3) is 28.5 Å². The van der Waals surface area contributed by atoms with E-state index in [2.05, 4.69) is 39.5 Å². The van der Waals surface area contributed by atoms with Crippen LogP contribution in [0.3, 0.4) is 0 Å².